The molecule has 0 saturated carbocycles. The molecular weight excluding hydrogens is 793 g/mol. The van der Waals surface area contributed by atoms with Crippen LogP contribution in [0.5, 0.6) is 0 Å². The molecule has 0 bridgehead atoms. The summed E-state index contributed by atoms with van der Waals surface area (Å²) in [6.07, 6.45) is -18.3. The van der Waals surface area contributed by atoms with Crippen LogP contribution in [0.3, 0.4) is 0 Å². The molecule has 4 aromatic heterocycles. The summed E-state index contributed by atoms with van der Waals surface area (Å²) >= 11 is 2.34. The standard InChI is InChI=1S/C37H20F12N4S2/c1-33(2,31-25(36(44,45)46)15-52(50-31)19-5-9-29-23(13-19)21-11-17(34(38,39)40)3-7-27(21)54-29)32-26(37(47,48)49)16-53(51-32)20-6-10-30-24(14-20)22-12-18(35(41,42)43)4-8-28(22)55-30/h3-16H,1-2H3. The van der Waals surface area contributed by atoms with Crippen molar-refractivity contribution in [1.82, 2.24) is 19.6 Å². The minimum Gasteiger partial charge on any atom is -0.240 e. The molecule has 8 aromatic rings. The summed E-state index contributed by atoms with van der Waals surface area (Å²) in [4.78, 5) is 0. The maximum atomic E-state index is 14.7. The van der Waals surface area contributed by atoms with Gasteiger partial charge in [-0.05, 0) is 86.6 Å². The number of halogens is 12. The van der Waals surface area contributed by atoms with Crippen molar-refractivity contribution >= 4 is 63.0 Å². The lowest BCUT2D eigenvalue weighted by Gasteiger charge is -2.24. The van der Waals surface area contributed by atoms with E-state index in [1.807, 2.05) is 0 Å². The second kappa shape index (κ2) is 11.9. The summed E-state index contributed by atoms with van der Waals surface area (Å²) in [5.41, 5.74) is -8.39. The van der Waals surface area contributed by atoms with Crippen molar-refractivity contribution in [2.24, 2.45) is 0 Å². The molecule has 4 heterocycles. The maximum Gasteiger partial charge on any atom is 0.419 e. The number of hydrogen-bond acceptors (Lipinski definition) is 4. The molecule has 0 fully saturated rings. The molecule has 0 aliphatic rings. The van der Waals surface area contributed by atoms with Gasteiger partial charge in [0.2, 0.25) is 0 Å². The highest BCUT2D eigenvalue weighted by molar-refractivity contribution is 7.26. The zero-order valence-electron chi connectivity index (χ0n) is 27.7. The van der Waals surface area contributed by atoms with Gasteiger partial charge in [0.1, 0.15) is 0 Å². The Morgan fingerprint density at radius 1 is 0.436 bits per heavy atom. The van der Waals surface area contributed by atoms with Crippen molar-refractivity contribution in [3.05, 3.63) is 119 Å². The number of fused-ring (bicyclic) bond motifs is 6. The van der Waals surface area contributed by atoms with Crippen LogP contribution < -0.4 is 0 Å². The minimum absolute atomic E-state index is 0.00343. The van der Waals surface area contributed by atoms with Gasteiger partial charge in [-0.2, -0.15) is 62.9 Å². The first-order valence-electron chi connectivity index (χ1n) is 15.9. The van der Waals surface area contributed by atoms with Crippen molar-refractivity contribution in [3.63, 3.8) is 0 Å². The van der Waals surface area contributed by atoms with E-state index in [9.17, 15) is 52.7 Å². The number of alkyl halides is 12. The van der Waals surface area contributed by atoms with Crippen LogP contribution in [0.25, 0.3) is 51.7 Å². The van der Waals surface area contributed by atoms with Gasteiger partial charge in [0.15, 0.2) is 0 Å². The Morgan fingerprint density at radius 3 is 1.09 bits per heavy atom. The van der Waals surface area contributed by atoms with Gasteiger partial charge in [0.05, 0.1) is 50.4 Å². The third-order valence-corrected chi connectivity index (χ3v) is 11.6. The number of thiophene rings is 2. The van der Waals surface area contributed by atoms with Crippen LogP contribution >= 0.6 is 22.7 Å². The summed E-state index contributed by atoms with van der Waals surface area (Å²) < 4.78 is 173. The number of benzene rings is 4. The third kappa shape index (κ3) is 6.28. The molecular formula is C37H20F12N4S2. The monoisotopic (exact) mass is 812 g/mol. The van der Waals surface area contributed by atoms with Crippen molar-refractivity contribution in [1.29, 1.82) is 0 Å². The average Bonchev–Trinajstić information content (AvgIpc) is 3.88. The second-order valence-corrected chi connectivity index (χ2v) is 15.4. The van der Waals surface area contributed by atoms with E-state index in [2.05, 4.69) is 10.2 Å². The Balaban J connectivity index is 1.26. The van der Waals surface area contributed by atoms with Crippen molar-refractivity contribution in [3.8, 4) is 11.4 Å². The van der Waals surface area contributed by atoms with Gasteiger partial charge in [-0.3, -0.25) is 0 Å². The van der Waals surface area contributed by atoms with E-state index in [0.29, 0.717) is 42.0 Å². The molecule has 0 spiro atoms. The van der Waals surface area contributed by atoms with E-state index < -0.39 is 63.8 Å². The minimum atomic E-state index is -5.12. The summed E-state index contributed by atoms with van der Waals surface area (Å²) in [6, 6.07) is 14.8. The second-order valence-electron chi connectivity index (χ2n) is 13.3. The molecule has 55 heavy (non-hydrogen) atoms. The van der Waals surface area contributed by atoms with Gasteiger partial charge in [0, 0.05) is 52.7 Å². The first-order valence-corrected chi connectivity index (χ1v) is 17.6. The molecule has 18 heteroatoms. The molecule has 0 amide bonds. The number of aromatic nitrogens is 4. The Labute approximate surface area is 308 Å². The topological polar surface area (TPSA) is 35.6 Å². The molecule has 4 nitrogen and oxygen atoms in total. The van der Waals surface area contributed by atoms with Gasteiger partial charge in [-0.25, -0.2) is 9.36 Å². The van der Waals surface area contributed by atoms with E-state index in [1.165, 1.54) is 71.2 Å². The molecule has 0 aliphatic heterocycles. The summed E-state index contributed by atoms with van der Waals surface area (Å²) in [6.45, 7) is 2.19. The summed E-state index contributed by atoms with van der Waals surface area (Å²) in [5.74, 6) is 0. The Bertz CT molecular complexity index is 2620. The largest absolute Gasteiger partial charge is 0.419 e. The molecule has 0 N–H and O–H groups in total. The SMILES string of the molecule is CC(C)(c1nn(-c2ccc3sc4ccc(C(F)(F)F)cc4c3c2)cc1C(F)(F)F)c1nn(-c2ccc3sc4ccc(C(F)(F)F)cc4c3c2)cc1C(F)(F)F. The fraction of sp³-hybridized carbons (Fsp3) is 0.189. The van der Waals surface area contributed by atoms with Gasteiger partial charge in [-0.15, -0.1) is 22.7 Å². The number of nitrogens with zero attached hydrogens (tertiary/aromatic N) is 4. The molecule has 0 unspecified atom stereocenters. The lowest BCUT2D eigenvalue weighted by molar-refractivity contribution is -0.139. The van der Waals surface area contributed by atoms with Crippen LogP contribution in [0, 0.1) is 0 Å². The summed E-state index contributed by atoms with van der Waals surface area (Å²) in [5, 5.41) is 9.29. The number of hydrogen-bond donors (Lipinski definition) is 0. The van der Waals surface area contributed by atoms with Crippen LogP contribution in [-0.2, 0) is 30.1 Å². The zero-order valence-corrected chi connectivity index (χ0v) is 29.4. The highest BCUT2D eigenvalue weighted by Crippen LogP contribution is 2.46. The van der Waals surface area contributed by atoms with E-state index in [-0.39, 0.29) is 22.1 Å². The predicted molar refractivity (Wildman–Crippen MR) is 185 cm³/mol. The van der Waals surface area contributed by atoms with Crippen molar-refractivity contribution in [2.75, 3.05) is 0 Å². The quantitative estimate of drug-likeness (QED) is 0.166. The highest BCUT2D eigenvalue weighted by Gasteiger charge is 2.47. The zero-order chi connectivity index (χ0) is 39.6. The van der Waals surface area contributed by atoms with Crippen LogP contribution in [-0.4, -0.2) is 19.6 Å². The fourth-order valence-electron chi connectivity index (χ4n) is 6.63. The first kappa shape index (κ1) is 36.9. The van der Waals surface area contributed by atoms with E-state index >= 15 is 0 Å². The average molecular weight is 813 g/mol. The molecule has 4 aromatic carbocycles. The van der Waals surface area contributed by atoms with Crippen LogP contribution in [0.4, 0.5) is 52.7 Å². The van der Waals surface area contributed by atoms with Gasteiger partial charge in [-0.1, -0.05) is 0 Å². The lowest BCUT2D eigenvalue weighted by atomic mass is 9.81. The Hall–Kier alpha value is -5.10. The lowest BCUT2D eigenvalue weighted by Crippen LogP contribution is -2.27. The Kier molecular flexibility index (Phi) is 8.01. The molecule has 8 rings (SSSR count). The molecule has 284 valence electrons. The predicted octanol–water partition coefficient (Wildman–Crippen LogP) is 13.2. The molecule has 0 atom stereocenters. The normalized spacial score (nSPS) is 13.6. The molecule has 0 aliphatic carbocycles. The molecule has 0 radical (unpaired) electrons. The van der Waals surface area contributed by atoms with E-state index in [1.54, 1.807) is 0 Å². The fourth-order valence-corrected chi connectivity index (χ4v) is 8.76. The van der Waals surface area contributed by atoms with Crippen molar-refractivity contribution in [2.45, 2.75) is 44.0 Å². The first-order chi connectivity index (χ1) is 25.5. The van der Waals surface area contributed by atoms with E-state index in [0.717, 1.165) is 47.5 Å². The molecule has 0 saturated heterocycles. The van der Waals surface area contributed by atoms with Gasteiger partial charge < -0.3 is 0 Å². The third-order valence-electron chi connectivity index (χ3n) is 9.31. The Morgan fingerprint density at radius 2 is 0.764 bits per heavy atom. The van der Waals surface area contributed by atoms with Gasteiger partial charge >= 0.3 is 24.7 Å². The van der Waals surface area contributed by atoms with Crippen LogP contribution in [0.1, 0.15) is 47.5 Å². The van der Waals surface area contributed by atoms with Crippen LogP contribution in [0.2, 0.25) is 0 Å². The maximum absolute atomic E-state index is 14.7. The smallest absolute Gasteiger partial charge is 0.240 e. The van der Waals surface area contributed by atoms with E-state index in [4.69, 9.17) is 0 Å². The highest BCUT2D eigenvalue weighted by atomic mass is 32.1. The van der Waals surface area contributed by atoms with Crippen molar-refractivity contribution < 1.29 is 52.7 Å². The van der Waals surface area contributed by atoms with Gasteiger partial charge in [0.25, 0.3) is 0 Å². The number of rotatable bonds is 4. The summed E-state index contributed by atoms with van der Waals surface area (Å²) in [7, 11) is 0. The van der Waals surface area contributed by atoms with Crippen LogP contribution in [0.15, 0.2) is 85.2 Å².